The number of likely N-dealkylation sites (tertiary alicyclic amines) is 1. The fourth-order valence-corrected chi connectivity index (χ4v) is 9.22. The van der Waals surface area contributed by atoms with E-state index in [4.69, 9.17) is 35.3 Å². The van der Waals surface area contributed by atoms with Gasteiger partial charge in [-0.05, 0) is 51.8 Å². The van der Waals surface area contributed by atoms with E-state index in [1.807, 2.05) is 13.0 Å². The van der Waals surface area contributed by atoms with E-state index in [2.05, 4.69) is 5.32 Å². The summed E-state index contributed by atoms with van der Waals surface area (Å²) in [6, 6.07) is 2.46. The number of aliphatic hydroxyl groups is 1. The van der Waals surface area contributed by atoms with E-state index in [1.165, 1.54) is 54.7 Å². The van der Waals surface area contributed by atoms with Gasteiger partial charge in [0.1, 0.15) is 40.7 Å². The largest absolute Gasteiger partial charge is 0.495 e. The normalized spacial score (nSPS) is 30.5. The molecule has 1 aromatic carbocycles. The molecule has 5 amide bonds. The first kappa shape index (κ1) is 45.9. The number of imide groups is 1. The van der Waals surface area contributed by atoms with E-state index in [9.17, 15) is 33.9 Å². The number of alkyl carbamates (subject to hydrolysis) is 1. The maximum absolute atomic E-state index is 14.2. The molecule has 2 unspecified atom stereocenters. The highest BCUT2D eigenvalue weighted by Gasteiger charge is 2.64. The molecule has 3 saturated heterocycles. The molecule has 59 heavy (non-hydrogen) atoms. The van der Waals surface area contributed by atoms with Gasteiger partial charge in [-0.15, -0.1) is 11.8 Å². The molecule has 3 fully saturated rings. The minimum Gasteiger partial charge on any atom is -0.495 e. The summed E-state index contributed by atoms with van der Waals surface area (Å²) in [6.45, 7) is 8.89. The molecule has 9 atom stereocenters. The monoisotopic (exact) mass is 862 g/mol. The molecule has 18 heteroatoms. The van der Waals surface area contributed by atoms with Crippen LogP contribution in [0.15, 0.2) is 35.9 Å². The number of allylic oxidation sites excluding steroid dienone is 3. The van der Waals surface area contributed by atoms with E-state index in [0.29, 0.717) is 17.9 Å². The molecule has 4 aliphatic heterocycles. The number of fused-ring (bicyclic) bond motifs is 5. The quantitative estimate of drug-likeness (QED) is 0.196. The average molecular weight is 863 g/mol. The second-order valence-corrected chi connectivity index (χ2v) is 17.4. The Labute approximate surface area is 353 Å². The first-order valence-electron chi connectivity index (χ1n) is 19.6. The Hall–Kier alpha value is -4.16. The minimum absolute atomic E-state index is 0.00432. The van der Waals surface area contributed by atoms with E-state index >= 15 is 0 Å². The predicted molar refractivity (Wildman–Crippen MR) is 219 cm³/mol. The van der Waals surface area contributed by atoms with Gasteiger partial charge in [0, 0.05) is 58.7 Å². The first-order chi connectivity index (χ1) is 27.8. The Bertz CT molecular complexity index is 1900. The number of esters is 1. The van der Waals surface area contributed by atoms with Gasteiger partial charge in [-0.1, -0.05) is 42.3 Å². The predicted octanol–water partition coefficient (Wildman–Crippen LogP) is 3.79. The van der Waals surface area contributed by atoms with E-state index in [1.54, 1.807) is 52.1 Å². The van der Waals surface area contributed by atoms with Crippen LogP contribution >= 0.6 is 23.4 Å². The highest BCUT2D eigenvalue weighted by molar-refractivity contribution is 8.00. The number of thioether (sulfide) groups is 1. The number of rotatable bonds is 10. The highest BCUT2D eigenvalue weighted by atomic mass is 35.5. The number of hydrogen-bond acceptors (Lipinski definition) is 13. The van der Waals surface area contributed by atoms with Crippen molar-refractivity contribution in [2.24, 2.45) is 5.92 Å². The number of anilines is 1. The third-order valence-electron chi connectivity index (χ3n) is 11.7. The molecule has 5 rings (SSSR count). The van der Waals surface area contributed by atoms with Gasteiger partial charge in [-0.2, -0.15) is 0 Å². The maximum atomic E-state index is 14.2. The molecular weight excluding hydrogens is 808 g/mol. The second-order valence-electron chi connectivity index (χ2n) is 15.7. The number of carbonyl (C=O) groups excluding carboxylic acids is 6. The van der Waals surface area contributed by atoms with Gasteiger partial charge < -0.3 is 38.6 Å². The number of nitrogens with one attached hydrogen (secondary N) is 1. The van der Waals surface area contributed by atoms with Crippen LogP contribution in [0.4, 0.5) is 10.5 Å². The van der Waals surface area contributed by atoms with Crippen molar-refractivity contribution >= 4 is 64.7 Å². The summed E-state index contributed by atoms with van der Waals surface area (Å²) in [6.07, 6.45) is 0.657. The number of carbonyl (C=O) groups is 6. The number of hydrogen-bond donors (Lipinski definition) is 2. The summed E-state index contributed by atoms with van der Waals surface area (Å²) in [5.41, 5.74) is -1.08. The number of halogens is 1. The van der Waals surface area contributed by atoms with Crippen LogP contribution in [0.25, 0.3) is 0 Å². The van der Waals surface area contributed by atoms with Crippen LogP contribution in [0.2, 0.25) is 5.02 Å². The third-order valence-corrected chi connectivity index (χ3v) is 13.3. The molecule has 0 aromatic heterocycles. The molecule has 2 N–H and O–H groups in total. The first-order valence-corrected chi connectivity index (χ1v) is 21.0. The summed E-state index contributed by atoms with van der Waals surface area (Å²) < 4.78 is 29.3. The second kappa shape index (κ2) is 18.6. The standard InChI is InChI=1S/C41H55ClN4O12S/c1-10-46-34(49)19-29(37(46)50)59-15-14-32(47)44(6)24(4)38(51)57-31-20-33(48)45(7)26-17-25(18-27(54-8)35(26)42)16-22(2)12-11-13-30(55-9)41(53)21-28(56-39(52)43-41)23(3)36-40(31,5)58-36/h11-13,17-18,23-24,28-31,36,53H,10,14-16,19-21H2,1-9H3,(H,43,52)/t23-,24+,28+,29?,30?,31+,36+,40+,41+/m1/s1. The van der Waals surface area contributed by atoms with Crippen molar-refractivity contribution in [1.82, 2.24) is 15.1 Å². The molecule has 0 aliphatic carbocycles. The summed E-state index contributed by atoms with van der Waals surface area (Å²) in [5, 5.41) is 13.9. The summed E-state index contributed by atoms with van der Waals surface area (Å²) in [7, 11) is 5.90. The van der Waals surface area contributed by atoms with E-state index in [0.717, 1.165) is 11.1 Å². The number of ether oxygens (including phenoxy) is 5. The third kappa shape index (κ3) is 9.91. The lowest BCUT2D eigenvalue weighted by Gasteiger charge is -2.42. The molecule has 4 bridgehead atoms. The molecule has 0 radical (unpaired) electrons. The van der Waals surface area contributed by atoms with Crippen LogP contribution < -0.4 is 15.0 Å². The fourth-order valence-electron chi connectivity index (χ4n) is 7.80. The summed E-state index contributed by atoms with van der Waals surface area (Å²) >= 11 is 8.00. The van der Waals surface area contributed by atoms with Gasteiger partial charge in [0.2, 0.25) is 23.6 Å². The van der Waals surface area contributed by atoms with Gasteiger partial charge in [-0.3, -0.25) is 29.4 Å². The van der Waals surface area contributed by atoms with Crippen LogP contribution in [0.3, 0.4) is 0 Å². The minimum atomic E-state index is -1.86. The van der Waals surface area contributed by atoms with E-state index in [-0.39, 0.29) is 60.7 Å². The Balaban J connectivity index is 1.41. The van der Waals surface area contributed by atoms with Crippen molar-refractivity contribution < 1.29 is 57.6 Å². The van der Waals surface area contributed by atoms with Crippen LogP contribution in [-0.4, -0.2) is 138 Å². The zero-order chi connectivity index (χ0) is 43.6. The van der Waals surface area contributed by atoms with Crippen LogP contribution in [0, 0.1) is 5.92 Å². The van der Waals surface area contributed by atoms with Crippen molar-refractivity contribution in [1.29, 1.82) is 0 Å². The topological polar surface area (TPSA) is 194 Å². The number of likely N-dealkylation sites (N-methyl/N-ethyl adjacent to an activating group) is 1. The number of amides is 5. The number of nitrogens with zero attached hydrogens (tertiary/aromatic N) is 3. The number of epoxide rings is 1. The lowest BCUT2D eigenvalue weighted by atomic mass is 9.83. The molecular formula is C41H55ClN4O12S. The van der Waals surface area contributed by atoms with Gasteiger partial charge in [0.05, 0.1) is 30.6 Å². The smallest absolute Gasteiger partial charge is 0.409 e. The van der Waals surface area contributed by atoms with Gasteiger partial charge in [0.25, 0.3) is 0 Å². The maximum Gasteiger partial charge on any atom is 0.409 e. The highest BCUT2D eigenvalue weighted by Crippen LogP contribution is 2.49. The number of methoxy groups -OCH3 is 2. The lowest BCUT2D eigenvalue weighted by Crippen LogP contribution is -2.63. The van der Waals surface area contributed by atoms with Crippen molar-refractivity contribution in [3.63, 3.8) is 0 Å². The Morgan fingerprint density at radius 1 is 1.17 bits per heavy atom. The molecule has 16 nitrogen and oxygen atoms in total. The molecule has 0 saturated carbocycles. The molecule has 0 spiro atoms. The molecule has 1 aromatic rings. The molecule has 4 heterocycles. The zero-order valence-corrected chi connectivity index (χ0v) is 36.5. The fraction of sp³-hybridized carbons (Fsp3) is 0.610. The average Bonchev–Trinajstić information content (AvgIpc) is 3.81. The van der Waals surface area contributed by atoms with Gasteiger partial charge in [-0.25, -0.2) is 9.59 Å². The number of benzene rings is 1. The molecule has 324 valence electrons. The molecule has 4 aliphatic rings. The van der Waals surface area contributed by atoms with Crippen molar-refractivity contribution in [2.75, 3.05) is 45.5 Å². The van der Waals surface area contributed by atoms with Crippen molar-refractivity contribution in [2.45, 2.75) is 114 Å². The van der Waals surface area contributed by atoms with Gasteiger partial charge in [0.15, 0.2) is 5.72 Å². The summed E-state index contributed by atoms with van der Waals surface area (Å²) in [5.74, 6) is -2.14. The Morgan fingerprint density at radius 3 is 2.53 bits per heavy atom. The van der Waals surface area contributed by atoms with Crippen LogP contribution in [-0.2, 0) is 49.3 Å². The van der Waals surface area contributed by atoms with Gasteiger partial charge >= 0.3 is 12.1 Å². The summed E-state index contributed by atoms with van der Waals surface area (Å²) in [4.78, 5) is 82.8. The lowest BCUT2D eigenvalue weighted by molar-refractivity contribution is -0.162. The van der Waals surface area contributed by atoms with Crippen molar-refractivity contribution in [3.05, 3.63) is 46.5 Å². The Kier molecular flexibility index (Phi) is 14.5. The van der Waals surface area contributed by atoms with E-state index < -0.39 is 70.9 Å². The van der Waals surface area contributed by atoms with Crippen molar-refractivity contribution in [3.8, 4) is 5.75 Å². The van der Waals surface area contributed by atoms with Crippen LogP contribution in [0.1, 0.15) is 65.9 Å². The SMILES string of the molecule is CCN1C(=O)CC(SCCC(=O)N(C)[C@@H](C)C(=O)O[C@H]2CC(=O)N(C)c3cc(cc(OC)c3Cl)CC(C)=CC=CC(OC)[C@@]3(O)C[C@H](OC(=O)N3)[C@@H](C)[C@@H]3O[C@@]23C)C1=O. The zero-order valence-electron chi connectivity index (χ0n) is 34.9. The van der Waals surface area contributed by atoms with Crippen LogP contribution in [0.5, 0.6) is 5.75 Å². The Morgan fingerprint density at radius 2 is 1.88 bits per heavy atom.